The minimum Gasteiger partial charge on any atom is -0.404 e. The highest BCUT2D eigenvalue weighted by molar-refractivity contribution is 5.76. The fourth-order valence-corrected chi connectivity index (χ4v) is 2.60. The molecule has 0 amide bonds. The maximum atomic E-state index is 12.7. The quantitative estimate of drug-likeness (QED) is 0.504. The van der Waals surface area contributed by atoms with Crippen molar-refractivity contribution in [2.24, 2.45) is 0 Å². The van der Waals surface area contributed by atoms with E-state index in [4.69, 9.17) is 11.5 Å². The fourth-order valence-electron chi connectivity index (χ4n) is 2.60. The molecule has 1 aliphatic rings. The summed E-state index contributed by atoms with van der Waals surface area (Å²) in [6, 6.07) is 5.77. The number of rotatable bonds is 5. The van der Waals surface area contributed by atoms with E-state index in [1.807, 2.05) is 0 Å². The normalized spacial score (nSPS) is 14.3. The molecule has 2 heterocycles. The van der Waals surface area contributed by atoms with Crippen molar-refractivity contribution in [3.63, 3.8) is 0 Å². The Hall–Kier alpha value is -3.37. The Bertz CT molecular complexity index is 998. The third-order valence-corrected chi connectivity index (χ3v) is 3.92. The van der Waals surface area contributed by atoms with Gasteiger partial charge in [0.25, 0.3) is 0 Å². The van der Waals surface area contributed by atoms with Crippen LogP contribution < -0.4 is 26.8 Å². The zero-order valence-electron chi connectivity index (χ0n) is 13.9. The minimum absolute atomic E-state index is 0.0234. The van der Waals surface area contributed by atoms with Crippen LogP contribution in [0.3, 0.4) is 0 Å². The number of nitrogens with one attached hydrogen (secondary N) is 2. The smallest absolute Gasteiger partial charge is 0.404 e. The highest BCUT2D eigenvalue weighted by Crippen LogP contribution is 2.35. The summed E-state index contributed by atoms with van der Waals surface area (Å²) < 4.78 is 43.4. The van der Waals surface area contributed by atoms with E-state index in [0.29, 0.717) is 23.2 Å². The summed E-state index contributed by atoms with van der Waals surface area (Å²) in [5.74, 6) is 0.133. The summed E-state index contributed by atoms with van der Waals surface area (Å²) in [5, 5.41) is 10.4. The molecule has 4 rings (SSSR count). The Morgan fingerprint density at radius 1 is 1.15 bits per heavy atom. The zero-order valence-corrected chi connectivity index (χ0v) is 13.9. The van der Waals surface area contributed by atoms with Gasteiger partial charge in [0.15, 0.2) is 17.2 Å². The van der Waals surface area contributed by atoms with Gasteiger partial charge in [0.1, 0.15) is 5.82 Å². The first-order valence-electron chi connectivity index (χ1n) is 8.11. The molecule has 0 bridgehead atoms. The van der Waals surface area contributed by atoms with Gasteiger partial charge in [-0.2, -0.15) is 4.52 Å². The standard InChI is InChI=1S/C16H16F3N7O/c17-16(18,19)27-12-4-1-8(20)5-10(12)24-14-6-11(23-9-2-3-9)15-22-7-13(21)26(15)25-14/h1,4-7,9,23H,2-3,20-21H2,(H,24,25). The first-order chi connectivity index (χ1) is 12.8. The minimum atomic E-state index is -4.84. The van der Waals surface area contributed by atoms with Crippen LogP contribution in [0.4, 0.5) is 41.9 Å². The van der Waals surface area contributed by atoms with Crippen LogP contribution in [0.25, 0.3) is 5.65 Å². The molecule has 0 spiro atoms. The molecule has 27 heavy (non-hydrogen) atoms. The van der Waals surface area contributed by atoms with Crippen LogP contribution in [0.1, 0.15) is 12.8 Å². The lowest BCUT2D eigenvalue weighted by Gasteiger charge is -2.16. The van der Waals surface area contributed by atoms with Gasteiger partial charge in [0.05, 0.1) is 17.6 Å². The van der Waals surface area contributed by atoms with Crippen molar-refractivity contribution in [3.8, 4) is 5.75 Å². The average Bonchev–Trinajstić information content (AvgIpc) is 3.31. The maximum Gasteiger partial charge on any atom is 0.573 e. The van der Waals surface area contributed by atoms with Crippen LogP contribution in [-0.2, 0) is 0 Å². The van der Waals surface area contributed by atoms with Gasteiger partial charge in [-0.05, 0) is 31.0 Å². The van der Waals surface area contributed by atoms with Gasteiger partial charge in [0, 0.05) is 17.8 Å². The summed E-state index contributed by atoms with van der Waals surface area (Å²) in [4.78, 5) is 4.22. The van der Waals surface area contributed by atoms with E-state index in [1.54, 1.807) is 6.07 Å². The van der Waals surface area contributed by atoms with Crippen LogP contribution in [0.5, 0.6) is 5.75 Å². The van der Waals surface area contributed by atoms with Crippen molar-refractivity contribution < 1.29 is 17.9 Å². The van der Waals surface area contributed by atoms with Crippen LogP contribution in [0.2, 0.25) is 0 Å². The number of aromatic nitrogens is 3. The van der Waals surface area contributed by atoms with Gasteiger partial charge >= 0.3 is 6.36 Å². The Kier molecular flexibility index (Phi) is 3.86. The monoisotopic (exact) mass is 379 g/mol. The molecule has 11 heteroatoms. The molecule has 1 saturated carbocycles. The molecule has 0 unspecified atom stereocenters. The number of halogens is 3. The number of nitrogens with zero attached hydrogens (tertiary/aromatic N) is 3. The molecule has 1 fully saturated rings. The lowest BCUT2D eigenvalue weighted by molar-refractivity contribution is -0.274. The molecular weight excluding hydrogens is 363 g/mol. The van der Waals surface area contributed by atoms with E-state index in [-0.39, 0.29) is 17.2 Å². The van der Waals surface area contributed by atoms with Gasteiger partial charge in [0.2, 0.25) is 0 Å². The second kappa shape index (κ2) is 6.11. The maximum absolute atomic E-state index is 12.7. The van der Waals surface area contributed by atoms with E-state index in [2.05, 4.69) is 25.5 Å². The SMILES string of the molecule is Nc1ccc(OC(F)(F)F)c(Nc2cc(NC3CC3)c3ncc(N)n3n2)c1. The lowest BCUT2D eigenvalue weighted by atomic mass is 10.2. The summed E-state index contributed by atoms with van der Waals surface area (Å²) in [6.45, 7) is 0. The molecule has 1 aliphatic carbocycles. The third kappa shape index (κ3) is 3.76. The zero-order chi connectivity index (χ0) is 19.2. The van der Waals surface area contributed by atoms with E-state index in [0.717, 1.165) is 18.9 Å². The fraction of sp³-hybridized carbons (Fsp3) is 0.250. The van der Waals surface area contributed by atoms with Crippen molar-refractivity contribution in [2.75, 3.05) is 22.1 Å². The molecule has 2 aromatic heterocycles. The summed E-state index contributed by atoms with van der Waals surface area (Å²) >= 11 is 0. The Morgan fingerprint density at radius 2 is 1.93 bits per heavy atom. The van der Waals surface area contributed by atoms with Gasteiger partial charge in [-0.25, -0.2) is 4.98 Å². The molecule has 0 radical (unpaired) electrons. The lowest BCUT2D eigenvalue weighted by Crippen LogP contribution is -2.18. The second-order valence-electron chi connectivity index (χ2n) is 6.21. The molecule has 6 N–H and O–H groups in total. The van der Waals surface area contributed by atoms with E-state index >= 15 is 0 Å². The predicted octanol–water partition coefficient (Wildman–Crippen LogP) is 3.11. The highest BCUT2D eigenvalue weighted by atomic mass is 19.4. The van der Waals surface area contributed by atoms with E-state index < -0.39 is 12.1 Å². The van der Waals surface area contributed by atoms with Gasteiger partial charge in [-0.1, -0.05) is 0 Å². The largest absolute Gasteiger partial charge is 0.573 e. The Balaban J connectivity index is 1.73. The van der Waals surface area contributed by atoms with Crippen LogP contribution >= 0.6 is 0 Å². The van der Waals surface area contributed by atoms with Gasteiger partial charge in [-0.15, -0.1) is 18.3 Å². The number of nitrogens with two attached hydrogens (primary N) is 2. The number of benzene rings is 1. The molecule has 0 saturated heterocycles. The molecule has 1 aromatic carbocycles. The molecule has 3 aromatic rings. The topological polar surface area (TPSA) is 116 Å². The Labute approximate surface area is 151 Å². The molecule has 8 nitrogen and oxygen atoms in total. The molecule has 0 atom stereocenters. The number of alkyl halides is 3. The predicted molar refractivity (Wildman–Crippen MR) is 94.9 cm³/mol. The van der Waals surface area contributed by atoms with Crippen molar-refractivity contribution >= 4 is 34.3 Å². The second-order valence-corrected chi connectivity index (χ2v) is 6.21. The number of hydrogen-bond donors (Lipinski definition) is 4. The van der Waals surface area contributed by atoms with Crippen LogP contribution in [0.15, 0.2) is 30.5 Å². The number of hydrogen-bond acceptors (Lipinski definition) is 7. The van der Waals surface area contributed by atoms with Crippen molar-refractivity contribution in [1.82, 2.24) is 14.6 Å². The first-order valence-corrected chi connectivity index (χ1v) is 8.11. The molecular formula is C16H16F3N7O. The first kappa shape index (κ1) is 17.1. The number of imidazole rings is 1. The Morgan fingerprint density at radius 3 is 2.63 bits per heavy atom. The number of anilines is 5. The summed E-state index contributed by atoms with van der Waals surface area (Å²) in [6.07, 6.45) is -1.31. The summed E-state index contributed by atoms with van der Waals surface area (Å²) in [7, 11) is 0. The molecule has 142 valence electrons. The number of nitrogen functional groups attached to an aromatic ring is 2. The van der Waals surface area contributed by atoms with Crippen LogP contribution in [-0.4, -0.2) is 27.0 Å². The molecule has 0 aliphatic heterocycles. The summed E-state index contributed by atoms with van der Waals surface area (Å²) in [5.41, 5.74) is 13.1. The van der Waals surface area contributed by atoms with E-state index in [9.17, 15) is 13.2 Å². The number of fused-ring (bicyclic) bond motifs is 1. The third-order valence-electron chi connectivity index (χ3n) is 3.92. The number of ether oxygens (including phenoxy) is 1. The highest BCUT2D eigenvalue weighted by Gasteiger charge is 2.32. The van der Waals surface area contributed by atoms with E-state index in [1.165, 1.54) is 22.8 Å². The van der Waals surface area contributed by atoms with Crippen LogP contribution in [0, 0.1) is 0 Å². The average molecular weight is 379 g/mol. The van der Waals surface area contributed by atoms with Gasteiger partial charge < -0.3 is 26.8 Å². The van der Waals surface area contributed by atoms with Crippen molar-refractivity contribution in [1.29, 1.82) is 0 Å². The van der Waals surface area contributed by atoms with Crippen molar-refractivity contribution in [3.05, 3.63) is 30.5 Å². The van der Waals surface area contributed by atoms with Crippen molar-refractivity contribution in [2.45, 2.75) is 25.2 Å². The van der Waals surface area contributed by atoms with Gasteiger partial charge in [-0.3, -0.25) is 0 Å².